The average Bonchev–Trinajstić information content (AvgIpc) is 2.75. The predicted molar refractivity (Wildman–Crippen MR) is 133 cm³/mol. The van der Waals surface area contributed by atoms with Crippen LogP contribution < -0.4 is 15.4 Å². The molecule has 2 aromatic carbocycles. The van der Waals surface area contributed by atoms with Crippen LogP contribution in [0.5, 0.6) is 5.75 Å². The molecule has 1 amide bonds. The van der Waals surface area contributed by atoms with E-state index in [0.717, 1.165) is 6.07 Å². The van der Waals surface area contributed by atoms with Gasteiger partial charge in [0.25, 0.3) is 5.91 Å². The highest BCUT2D eigenvalue weighted by atomic mass is 35.5. The van der Waals surface area contributed by atoms with Crippen LogP contribution >= 0.6 is 24.0 Å². The summed E-state index contributed by atoms with van der Waals surface area (Å²) in [6.45, 7) is 8.69. The number of carbonyl (C=O) groups excluding carboxylic acids is 3. The number of hydrogen-bond donors (Lipinski definition) is 2. The highest BCUT2D eigenvalue weighted by molar-refractivity contribution is 6.31. The summed E-state index contributed by atoms with van der Waals surface area (Å²) in [6.07, 6.45) is -0.927. The molecule has 0 unspecified atom stereocenters. The van der Waals surface area contributed by atoms with Crippen molar-refractivity contribution in [3.8, 4) is 5.75 Å². The van der Waals surface area contributed by atoms with Crippen LogP contribution in [0.15, 0.2) is 36.4 Å². The zero-order valence-corrected chi connectivity index (χ0v) is 21.7. The fourth-order valence-electron chi connectivity index (χ4n) is 3.71. The molecular weight excluding hydrogens is 498 g/mol. The Hall–Kier alpha value is -2.68. The summed E-state index contributed by atoms with van der Waals surface area (Å²) in [4.78, 5) is 37.7. The van der Waals surface area contributed by atoms with Gasteiger partial charge in [0.1, 0.15) is 17.2 Å². The number of esters is 1. The molecule has 1 aliphatic rings. The molecule has 2 aromatic rings. The predicted octanol–water partition coefficient (Wildman–Crippen LogP) is 4.66. The number of halogens is 3. The van der Waals surface area contributed by atoms with Crippen molar-refractivity contribution >= 4 is 41.7 Å². The Morgan fingerprint density at radius 1 is 1.14 bits per heavy atom. The molecule has 3 rings (SSSR count). The van der Waals surface area contributed by atoms with Gasteiger partial charge in [-0.1, -0.05) is 25.4 Å². The minimum atomic E-state index is -1.02. The smallest absolute Gasteiger partial charge is 0.320 e. The first kappa shape index (κ1) is 28.6. The first-order chi connectivity index (χ1) is 15.9. The molecule has 1 heterocycles. The molecule has 0 saturated carbocycles. The number of carbonyl (C=O) groups is 3. The second-order valence-corrected chi connectivity index (χ2v) is 9.45. The third-order valence-corrected chi connectivity index (χ3v) is 5.78. The summed E-state index contributed by atoms with van der Waals surface area (Å²) in [5.41, 5.74) is 0.0174. The van der Waals surface area contributed by atoms with Crippen molar-refractivity contribution in [1.82, 2.24) is 10.6 Å². The Labute approximate surface area is 215 Å². The van der Waals surface area contributed by atoms with Gasteiger partial charge in [-0.05, 0) is 57.2 Å². The van der Waals surface area contributed by atoms with E-state index < -0.39 is 35.4 Å². The van der Waals surface area contributed by atoms with E-state index in [2.05, 4.69) is 10.6 Å². The molecule has 2 N–H and O–H groups in total. The Morgan fingerprint density at radius 2 is 1.80 bits per heavy atom. The maximum absolute atomic E-state index is 13.6. The number of fused-ring (bicyclic) bond motifs is 1. The monoisotopic (exact) mass is 526 g/mol. The van der Waals surface area contributed by atoms with E-state index in [1.807, 2.05) is 13.8 Å². The topological polar surface area (TPSA) is 93.7 Å². The van der Waals surface area contributed by atoms with Crippen LogP contribution in [0, 0.1) is 5.82 Å². The van der Waals surface area contributed by atoms with E-state index in [1.54, 1.807) is 32.0 Å². The van der Waals surface area contributed by atoms with Crippen LogP contribution in [-0.2, 0) is 9.53 Å². The Bertz CT molecular complexity index is 1120. The zero-order chi connectivity index (χ0) is 25.2. The molecule has 2 atom stereocenters. The van der Waals surface area contributed by atoms with Crippen LogP contribution in [0.4, 0.5) is 4.39 Å². The number of Topliss-reactive ketones (excluding diaryl/α,β-unsaturated/α-hetero) is 1. The van der Waals surface area contributed by atoms with Crippen molar-refractivity contribution in [2.75, 3.05) is 6.54 Å². The van der Waals surface area contributed by atoms with Crippen LogP contribution in [0.3, 0.4) is 0 Å². The third kappa shape index (κ3) is 6.72. The SMILES string of the molecule is CC(=O)c1ccc2c(c1)[C@H](NC(=O)c1ccc(F)c(Cl)c1)[C@H](OC(=O)CNC(C)C)C(C)(C)O2.Cl. The Balaban J connectivity index is 0.00000432. The minimum absolute atomic E-state index is 0. The van der Waals surface area contributed by atoms with Crippen molar-refractivity contribution in [2.24, 2.45) is 0 Å². The molecular formula is C25H29Cl2FN2O5. The van der Waals surface area contributed by atoms with Crippen molar-refractivity contribution < 1.29 is 28.2 Å². The molecule has 7 nitrogen and oxygen atoms in total. The minimum Gasteiger partial charge on any atom is -0.484 e. The van der Waals surface area contributed by atoms with Crippen molar-refractivity contribution in [1.29, 1.82) is 0 Å². The Morgan fingerprint density at radius 3 is 2.40 bits per heavy atom. The normalized spacial score (nSPS) is 18.1. The van der Waals surface area contributed by atoms with Gasteiger partial charge in [-0.15, -0.1) is 12.4 Å². The first-order valence-corrected chi connectivity index (χ1v) is 11.3. The van der Waals surface area contributed by atoms with Crippen molar-refractivity contribution in [2.45, 2.75) is 58.4 Å². The second kappa shape index (κ2) is 11.4. The maximum atomic E-state index is 13.6. The summed E-state index contributed by atoms with van der Waals surface area (Å²) in [5.74, 6) is -1.44. The van der Waals surface area contributed by atoms with Gasteiger partial charge < -0.3 is 20.1 Å². The quantitative estimate of drug-likeness (QED) is 0.402. The third-order valence-electron chi connectivity index (χ3n) is 5.49. The number of ether oxygens (including phenoxy) is 2. The molecule has 0 bridgehead atoms. The molecule has 0 fully saturated rings. The number of rotatable bonds is 7. The summed E-state index contributed by atoms with van der Waals surface area (Å²) < 4.78 is 25.5. The lowest BCUT2D eigenvalue weighted by atomic mass is 9.85. The zero-order valence-electron chi connectivity index (χ0n) is 20.1. The van der Waals surface area contributed by atoms with Gasteiger partial charge in [0, 0.05) is 22.7 Å². The number of amides is 1. The summed E-state index contributed by atoms with van der Waals surface area (Å²) in [7, 11) is 0. The molecule has 1 aliphatic heterocycles. The fourth-order valence-corrected chi connectivity index (χ4v) is 3.89. The first-order valence-electron chi connectivity index (χ1n) is 10.9. The van der Waals surface area contributed by atoms with Crippen LogP contribution in [0.1, 0.15) is 66.9 Å². The molecule has 0 aromatic heterocycles. The molecule has 0 radical (unpaired) electrons. The van der Waals surface area contributed by atoms with Gasteiger partial charge in [0.05, 0.1) is 17.6 Å². The Kier molecular flexibility index (Phi) is 9.28. The number of benzene rings is 2. The second-order valence-electron chi connectivity index (χ2n) is 9.04. The van der Waals surface area contributed by atoms with Crippen LogP contribution in [0.25, 0.3) is 0 Å². The number of hydrogen-bond acceptors (Lipinski definition) is 6. The van der Waals surface area contributed by atoms with Gasteiger partial charge in [-0.3, -0.25) is 14.4 Å². The highest BCUT2D eigenvalue weighted by Gasteiger charge is 2.47. The van der Waals surface area contributed by atoms with Gasteiger partial charge in [-0.25, -0.2) is 4.39 Å². The molecule has 0 aliphatic carbocycles. The lowest BCUT2D eigenvalue weighted by molar-refractivity contribution is -0.164. The summed E-state index contributed by atoms with van der Waals surface area (Å²) in [6, 6.07) is 7.75. The van der Waals surface area contributed by atoms with E-state index in [9.17, 15) is 18.8 Å². The fraction of sp³-hybridized carbons (Fsp3) is 0.400. The summed E-state index contributed by atoms with van der Waals surface area (Å²) >= 11 is 5.85. The van der Waals surface area contributed by atoms with Crippen molar-refractivity contribution in [3.63, 3.8) is 0 Å². The lowest BCUT2D eigenvalue weighted by Crippen LogP contribution is -2.56. The van der Waals surface area contributed by atoms with E-state index in [-0.39, 0.29) is 41.4 Å². The summed E-state index contributed by atoms with van der Waals surface area (Å²) in [5, 5.41) is 5.68. The van der Waals surface area contributed by atoms with Gasteiger partial charge in [0.15, 0.2) is 11.9 Å². The van der Waals surface area contributed by atoms with E-state index in [1.165, 1.54) is 19.1 Å². The molecule has 0 spiro atoms. The molecule has 35 heavy (non-hydrogen) atoms. The highest BCUT2D eigenvalue weighted by Crippen LogP contribution is 2.42. The maximum Gasteiger partial charge on any atom is 0.320 e. The average molecular weight is 527 g/mol. The largest absolute Gasteiger partial charge is 0.484 e. The van der Waals surface area contributed by atoms with E-state index in [0.29, 0.717) is 16.9 Å². The van der Waals surface area contributed by atoms with Gasteiger partial charge in [0.2, 0.25) is 0 Å². The van der Waals surface area contributed by atoms with Crippen LogP contribution in [-0.4, -0.2) is 42.0 Å². The van der Waals surface area contributed by atoms with Gasteiger partial charge >= 0.3 is 5.97 Å². The standard InChI is InChI=1S/C25H28ClFN2O5.ClH/c1-13(2)28-12-21(31)33-23-22(29-24(32)16-6-8-19(27)18(26)11-16)17-10-15(14(3)30)7-9-20(17)34-25(23,4)5;/h6-11,13,22-23,28H,12H2,1-5H3,(H,29,32);1H/t22-,23-;/m0./s1. The van der Waals surface area contributed by atoms with E-state index >= 15 is 0 Å². The molecule has 10 heteroatoms. The van der Waals surface area contributed by atoms with Crippen LogP contribution in [0.2, 0.25) is 5.02 Å². The number of ketones is 1. The molecule has 190 valence electrons. The van der Waals surface area contributed by atoms with Gasteiger partial charge in [-0.2, -0.15) is 0 Å². The molecule has 0 saturated heterocycles. The van der Waals surface area contributed by atoms with E-state index in [4.69, 9.17) is 21.1 Å². The number of nitrogens with one attached hydrogen (secondary N) is 2. The van der Waals surface area contributed by atoms with Crippen molar-refractivity contribution in [3.05, 3.63) is 63.9 Å². The lowest BCUT2D eigenvalue weighted by Gasteiger charge is -2.44.